The summed E-state index contributed by atoms with van der Waals surface area (Å²) in [5.74, 6) is 0.560. The van der Waals surface area contributed by atoms with Gasteiger partial charge in [-0.25, -0.2) is 5.57 Å². The molecule has 1 radical (unpaired) electrons. The molecular weight excluding hydrogens is 604 g/mol. The minimum Gasteiger partial charge on any atom is -0.675 e. The summed E-state index contributed by atoms with van der Waals surface area (Å²) in [6, 6.07) is 21.6. The molecule has 1 nitrogen and oxygen atoms in total. The maximum Gasteiger partial charge on any atom is 0.103 e. The summed E-state index contributed by atoms with van der Waals surface area (Å²) in [6.07, 6.45) is 8.26. The van der Waals surface area contributed by atoms with Gasteiger partial charge in [0.2, 0.25) is 0 Å². The molecule has 0 aromatic heterocycles. The molecule has 1 fully saturated rings. The molecule has 2 aliphatic carbocycles. The zero-order valence-electron chi connectivity index (χ0n) is 19.2. The third-order valence-electron chi connectivity index (χ3n) is 5.52. The largest absolute Gasteiger partial charge is 0.675 e. The molecule has 0 heterocycles. The van der Waals surface area contributed by atoms with Crippen LogP contribution in [0.3, 0.4) is 0 Å². The van der Waals surface area contributed by atoms with Crippen molar-refractivity contribution in [3.8, 4) is 0 Å². The molecule has 5 heteroatoms. The van der Waals surface area contributed by atoms with Crippen molar-refractivity contribution in [2.45, 2.75) is 59.4 Å². The third kappa shape index (κ3) is 12.4. The molecule has 31 heavy (non-hydrogen) atoms. The minimum absolute atomic E-state index is 0. The Hall–Kier alpha value is -0.453. The van der Waals surface area contributed by atoms with E-state index in [1.54, 1.807) is 0 Å². The van der Waals surface area contributed by atoms with Crippen LogP contribution in [0.5, 0.6) is 0 Å². The van der Waals surface area contributed by atoms with Crippen LogP contribution >= 0.6 is 24.8 Å². The summed E-state index contributed by atoms with van der Waals surface area (Å²) in [5, 5.41) is 2.90. The number of benzene rings is 2. The molecular formula is C26H36Cl2HfNSi-2. The van der Waals surface area contributed by atoms with Crippen molar-refractivity contribution in [2.24, 2.45) is 5.92 Å². The Bertz CT molecular complexity index is 735. The number of hydrogen-bond donors (Lipinski definition) is 0. The normalized spacial score (nSPS) is 16.9. The van der Waals surface area contributed by atoms with Gasteiger partial charge in [0.25, 0.3) is 0 Å². The fourth-order valence-electron chi connectivity index (χ4n) is 3.38. The van der Waals surface area contributed by atoms with Gasteiger partial charge in [-0.1, -0.05) is 123 Å². The van der Waals surface area contributed by atoms with Gasteiger partial charge in [0, 0.05) is 25.8 Å². The smallest absolute Gasteiger partial charge is 0.103 e. The summed E-state index contributed by atoms with van der Waals surface area (Å²) in [7, 11) is 0.271. The van der Waals surface area contributed by atoms with Crippen LogP contribution in [0.15, 0.2) is 77.4 Å². The van der Waals surface area contributed by atoms with E-state index in [0.717, 1.165) is 12.8 Å². The van der Waals surface area contributed by atoms with Crippen molar-refractivity contribution in [1.29, 1.82) is 0 Å². The molecule has 169 valence electrons. The Labute approximate surface area is 223 Å². The molecule has 1 N–H and O–H groups in total. The van der Waals surface area contributed by atoms with Gasteiger partial charge >= 0.3 is 0 Å². The monoisotopic (exact) mass is 640 g/mol. The van der Waals surface area contributed by atoms with Crippen LogP contribution in [0.4, 0.5) is 0 Å². The Kier molecular flexibility index (Phi) is 19.0. The van der Waals surface area contributed by atoms with E-state index < -0.39 is 0 Å². The van der Waals surface area contributed by atoms with Gasteiger partial charge in [-0.05, 0) is 0 Å². The third-order valence-corrected chi connectivity index (χ3v) is 6.96. The Morgan fingerprint density at radius 3 is 1.45 bits per heavy atom. The summed E-state index contributed by atoms with van der Waals surface area (Å²) in [6.45, 7) is 8.67. The van der Waals surface area contributed by atoms with Crippen molar-refractivity contribution >= 4 is 44.7 Å². The number of nitrogens with one attached hydrogen (secondary N) is 1. The number of allylic oxidation sites excluding steroid dienone is 4. The Morgan fingerprint density at radius 2 is 1.23 bits per heavy atom. The van der Waals surface area contributed by atoms with Gasteiger partial charge in [0.15, 0.2) is 0 Å². The summed E-state index contributed by atoms with van der Waals surface area (Å²) in [5.41, 5.74) is 11.4. The summed E-state index contributed by atoms with van der Waals surface area (Å²) in [4.78, 5) is 0. The predicted molar refractivity (Wildman–Crippen MR) is 140 cm³/mol. The second-order valence-electron chi connectivity index (χ2n) is 7.75. The first-order valence-corrected chi connectivity index (χ1v) is 11.6. The van der Waals surface area contributed by atoms with Crippen molar-refractivity contribution < 1.29 is 25.8 Å². The van der Waals surface area contributed by atoms with E-state index in [0.29, 0.717) is 12.0 Å². The number of hydrogen-bond acceptors (Lipinski definition) is 0. The predicted octanol–water partition coefficient (Wildman–Crippen LogP) is 6.62. The number of rotatable bonds is 2. The van der Waals surface area contributed by atoms with E-state index in [-0.39, 0.29) is 60.2 Å². The first kappa shape index (κ1) is 32.7. The van der Waals surface area contributed by atoms with E-state index in [1.807, 2.05) is 0 Å². The first-order valence-electron chi connectivity index (χ1n) is 10.4. The molecule has 1 saturated carbocycles. The van der Waals surface area contributed by atoms with Gasteiger partial charge in [-0.3, -0.25) is 6.08 Å². The van der Waals surface area contributed by atoms with Gasteiger partial charge in [0.1, 0.15) is 9.52 Å². The van der Waals surface area contributed by atoms with Crippen LogP contribution in [0.25, 0.3) is 5.73 Å². The molecule has 1 unspecified atom stereocenters. The molecule has 0 amide bonds. The van der Waals surface area contributed by atoms with Crippen LogP contribution in [-0.4, -0.2) is 15.6 Å². The van der Waals surface area contributed by atoms with Crippen LogP contribution in [0, 0.1) is 12.0 Å². The Balaban J connectivity index is 0. The van der Waals surface area contributed by atoms with Gasteiger partial charge in [0.05, 0.1) is 0 Å². The second kappa shape index (κ2) is 18.0. The van der Waals surface area contributed by atoms with Gasteiger partial charge in [-0.2, -0.15) is 11.1 Å². The van der Waals surface area contributed by atoms with E-state index >= 15 is 0 Å². The minimum atomic E-state index is 0. The molecule has 2 aromatic rings. The molecule has 0 bridgehead atoms. The average molecular weight is 640 g/mol. The number of halogens is 2. The van der Waals surface area contributed by atoms with Crippen LogP contribution in [0.2, 0.25) is 0 Å². The SMILES string of the molecule is CC1=[C-]C(C)C(C)=C1C.Cl.Cl.[Hf].[NH-]C1CCCC1.c1ccc([SiH]c2ccccc2)cc1. The zero-order valence-corrected chi connectivity index (χ0v) is 25.5. The molecule has 0 spiro atoms. The maximum absolute atomic E-state index is 7.13. The van der Waals surface area contributed by atoms with Crippen LogP contribution in [0.1, 0.15) is 53.4 Å². The van der Waals surface area contributed by atoms with E-state index in [1.165, 1.54) is 39.9 Å². The molecule has 1 atom stereocenters. The molecule has 0 saturated heterocycles. The molecule has 2 aromatic carbocycles. The van der Waals surface area contributed by atoms with Crippen molar-refractivity contribution in [2.75, 3.05) is 0 Å². The summed E-state index contributed by atoms with van der Waals surface area (Å²) >= 11 is 0. The molecule has 4 rings (SSSR count). The van der Waals surface area contributed by atoms with Gasteiger partial charge < -0.3 is 5.73 Å². The van der Waals surface area contributed by atoms with Crippen molar-refractivity contribution in [3.05, 3.63) is 89.2 Å². The fourth-order valence-corrected chi connectivity index (χ4v) is 4.59. The topological polar surface area (TPSA) is 23.8 Å². The molecule has 2 aliphatic rings. The average Bonchev–Trinajstić information content (AvgIpc) is 3.27. The van der Waals surface area contributed by atoms with E-state index in [4.69, 9.17) is 5.73 Å². The zero-order chi connectivity index (χ0) is 20.4. The second-order valence-corrected chi connectivity index (χ2v) is 9.37. The van der Waals surface area contributed by atoms with Crippen LogP contribution in [-0.2, 0) is 25.8 Å². The first-order chi connectivity index (χ1) is 13.5. The van der Waals surface area contributed by atoms with E-state index in [2.05, 4.69) is 94.4 Å². The molecule has 0 aliphatic heterocycles. The van der Waals surface area contributed by atoms with Crippen molar-refractivity contribution in [3.63, 3.8) is 0 Å². The van der Waals surface area contributed by atoms with Crippen LogP contribution < -0.4 is 10.4 Å². The quantitative estimate of drug-likeness (QED) is 0.261. The van der Waals surface area contributed by atoms with Crippen molar-refractivity contribution in [1.82, 2.24) is 0 Å². The Morgan fingerprint density at radius 1 is 0.806 bits per heavy atom. The maximum atomic E-state index is 7.13. The van der Waals surface area contributed by atoms with Gasteiger partial charge in [-0.15, -0.1) is 37.8 Å². The fraction of sp³-hybridized carbons (Fsp3) is 0.385. The standard InChI is InChI=1S/C12H11Si.C9H13.C5H10N.2ClH.Hf/c1-3-7-11(8-4-1)13-12-9-5-2-6-10-12;1-6-5-7(2)9(4)8(6)3;6-5-3-1-2-4-5;;;/h1-10,13H;6H,1-4H3;5-6H,1-4H2;2*1H;/q;2*-1;;;. The summed E-state index contributed by atoms with van der Waals surface area (Å²) < 4.78 is 0. The van der Waals surface area contributed by atoms with E-state index in [9.17, 15) is 0 Å².